The Morgan fingerprint density at radius 3 is 2.32 bits per heavy atom. The van der Waals surface area contributed by atoms with Crippen LogP contribution in [-0.4, -0.2) is 100 Å². The molecular weight excluding hydrogens is 871 g/mol. The third-order valence-electron chi connectivity index (χ3n) is 16.1. The van der Waals surface area contributed by atoms with Gasteiger partial charge in [0.25, 0.3) is 0 Å². The Kier molecular flexibility index (Phi) is 13.8. The summed E-state index contributed by atoms with van der Waals surface area (Å²) < 4.78 is 16.7. The molecule has 7 unspecified atom stereocenters. The third-order valence-corrected chi connectivity index (χ3v) is 16.1. The smallest absolute Gasteiger partial charge is 0.407 e. The van der Waals surface area contributed by atoms with E-state index in [9.17, 15) is 19.2 Å². The van der Waals surface area contributed by atoms with Crippen molar-refractivity contribution in [2.45, 2.75) is 142 Å². The maximum absolute atomic E-state index is 14.5. The van der Waals surface area contributed by atoms with Crippen LogP contribution in [0.5, 0.6) is 5.75 Å². The number of carbonyl (C=O) groups is 4. The van der Waals surface area contributed by atoms with Gasteiger partial charge >= 0.3 is 12.1 Å². The standard InChI is InChI=1S/C55H71N7O7/c1-10-33-25-43(58-50(33)51-34-13-17-39(18-14-34)62(51)54(65)49(30(4)5)60-55(66)68-9)36-16-20-41-38-23-37-22-35(15-19-40(37)31(6)42(24-38)32(7)69-46(41)26-36)44-27-57-52(59-44)45-12-11-21-61(45)53(64)48(29(2)3)56-28-47(63)67-8/h15-16,19-20,22-23,25-27,29-32,34,39,42,45,48-49,51,56,58H,10-14,17-18,21,24,28H2,1-9H3,(H,57,59)(H,60,66). The van der Waals surface area contributed by atoms with Gasteiger partial charge in [0, 0.05) is 46.6 Å². The number of rotatable bonds is 13. The fourth-order valence-corrected chi connectivity index (χ4v) is 12.2. The van der Waals surface area contributed by atoms with Gasteiger partial charge in [0.2, 0.25) is 11.8 Å². The number of amides is 3. The van der Waals surface area contributed by atoms with E-state index in [-0.39, 0.29) is 66.3 Å². The molecule has 1 saturated carbocycles. The van der Waals surface area contributed by atoms with Gasteiger partial charge in [-0.3, -0.25) is 19.7 Å². The summed E-state index contributed by atoms with van der Waals surface area (Å²) in [6, 6.07) is 14.2. The van der Waals surface area contributed by atoms with E-state index >= 15 is 0 Å². The van der Waals surface area contributed by atoms with Crippen LogP contribution in [0.2, 0.25) is 0 Å². The van der Waals surface area contributed by atoms with E-state index in [1.165, 1.54) is 36.5 Å². The van der Waals surface area contributed by atoms with Gasteiger partial charge in [0.1, 0.15) is 17.6 Å². The van der Waals surface area contributed by atoms with E-state index in [0.717, 1.165) is 96.7 Å². The molecule has 14 heteroatoms. The Morgan fingerprint density at radius 1 is 0.870 bits per heavy atom. The highest BCUT2D eigenvalue weighted by Gasteiger charge is 2.48. The number of alkyl carbamates (subject to hydrolysis) is 1. The lowest BCUT2D eigenvalue weighted by molar-refractivity contribution is -0.148. The van der Waals surface area contributed by atoms with Gasteiger partial charge in [-0.1, -0.05) is 71.9 Å². The monoisotopic (exact) mass is 942 g/mol. The number of allylic oxidation sites excluding steroid dienone is 1. The largest absolute Gasteiger partial charge is 0.490 e. The number of aromatic nitrogens is 3. The number of likely N-dealkylation sites (tertiary alicyclic amines) is 1. The van der Waals surface area contributed by atoms with Crippen molar-refractivity contribution in [3.05, 3.63) is 82.4 Å². The molecule has 368 valence electrons. The first-order valence-electron chi connectivity index (χ1n) is 25.4. The van der Waals surface area contributed by atoms with Crippen LogP contribution in [0.1, 0.15) is 145 Å². The van der Waals surface area contributed by atoms with Crippen LogP contribution in [-0.2, 0) is 30.3 Å². The Labute approximate surface area is 406 Å². The first kappa shape index (κ1) is 48.1. The van der Waals surface area contributed by atoms with Gasteiger partial charge in [0.15, 0.2) is 0 Å². The lowest BCUT2D eigenvalue weighted by Gasteiger charge is -2.52. The summed E-state index contributed by atoms with van der Waals surface area (Å²) >= 11 is 0. The molecule has 0 radical (unpaired) electrons. The highest BCUT2D eigenvalue weighted by molar-refractivity contribution is 5.89. The number of benzene rings is 2. The number of imidazole rings is 1. The Balaban J connectivity index is 0.997. The van der Waals surface area contributed by atoms with Crippen LogP contribution in [0.15, 0.2) is 48.7 Å². The average molecular weight is 942 g/mol. The number of hydrogen-bond acceptors (Lipinski definition) is 9. The number of ether oxygens (including phenoxy) is 3. The Hall–Kier alpha value is -5.89. The van der Waals surface area contributed by atoms with Crippen molar-refractivity contribution in [3.8, 4) is 28.3 Å². The summed E-state index contributed by atoms with van der Waals surface area (Å²) in [7, 11) is 2.68. The van der Waals surface area contributed by atoms with E-state index in [0.29, 0.717) is 12.5 Å². The van der Waals surface area contributed by atoms with Gasteiger partial charge in [0.05, 0.1) is 56.9 Å². The summed E-state index contributed by atoms with van der Waals surface area (Å²) in [5.41, 5.74) is 11.1. The number of fused-ring (bicyclic) bond motifs is 8. The molecule has 4 aliphatic heterocycles. The van der Waals surface area contributed by atoms with Crippen molar-refractivity contribution in [1.29, 1.82) is 0 Å². The van der Waals surface area contributed by atoms with Crippen LogP contribution < -0.4 is 15.4 Å². The number of H-pyrrole nitrogens is 2. The molecule has 69 heavy (non-hydrogen) atoms. The normalized spacial score (nSPS) is 24.7. The molecule has 3 saturated heterocycles. The average Bonchev–Trinajstić information content (AvgIpc) is 4.11. The van der Waals surface area contributed by atoms with E-state index < -0.39 is 24.1 Å². The van der Waals surface area contributed by atoms with E-state index in [4.69, 9.17) is 19.2 Å². The van der Waals surface area contributed by atoms with E-state index in [1.54, 1.807) is 0 Å². The third kappa shape index (κ3) is 9.21. The van der Waals surface area contributed by atoms with Gasteiger partial charge in [-0.15, -0.1) is 0 Å². The SMILES string of the molecule is CCc1cc(-c2ccc3c(c2)OC(C)C2CC3=Cc3cc(-c4cnc(C5CCCN5C(=O)C(NCC(=O)OC)C(C)C)[nH]4)ccc3C2C)[nH]c1C1C2CCC(CC2)N1C(=O)C(NC(=O)OC)C(C)C. The van der Waals surface area contributed by atoms with Crippen LogP contribution in [0.3, 0.4) is 0 Å². The minimum Gasteiger partial charge on any atom is -0.490 e. The fourth-order valence-electron chi connectivity index (χ4n) is 12.2. The highest BCUT2D eigenvalue weighted by atomic mass is 16.5. The first-order valence-corrected chi connectivity index (χ1v) is 25.4. The number of nitrogens with zero attached hydrogens (tertiary/aromatic N) is 3. The van der Waals surface area contributed by atoms with E-state index in [2.05, 4.69) is 94.8 Å². The summed E-state index contributed by atoms with van der Waals surface area (Å²) in [6.07, 6.45) is 11.1. The molecule has 6 heterocycles. The molecular formula is C55H71N7O7. The molecule has 4 aromatic rings. The topological polar surface area (TPSA) is 171 Å². The second-order valence-corrected chi connectivity index (χ2v) is 20.8. The first-order chi connectivity index (χ1) is 33.2. The molecule has 0 spiro atoms. The molecule has 3 amide bonds. The molecule has 4 bridgehead atoms. The molecule has 2 aromatic carbocycles. The molecule has 2 aliphatic carbocycles. The van der Waals surface area contributed by atoms with Crippen LogP contribution >= 0.6 is 0 Å². The van der Waals surface area contributed by atoms with Crippen LogP contribution in [0.4, 0.5) is 4.79 Å². The van der Waals surface area contributed by atoms with Crippen molar-refractivity contribution in [1.82, 2.24) is 35.4 Å². The zero-order valence-electron chi connectivity index (χ0n) is 41.8. The molecule has 6 aliphatic rings. The molecule has 2 aromatic heterocycles. The lowest BCUT2D eigenvalue weighted by atomic mass is 9.72. The minimum absolute atomic E-state index is 0.0170. The second-order valence-electron chi connectivity index (χ2n) is 20.8. The van der Waals surface area contributed by atoms with Gasteiger partial charge in [-0.2, -0.15) is 0 Å². The van der Waals surface area contributed by atoms with Crippen molar-refractivity contribution in [2.24, 2.45) is 23.7 Å². The summed E-state index contributed by atoms with van der Waals surface area (Å²) in [4.78, 5) is 69.1. The number of aryl methyl sites for hydroxylation is 1. The molecule has 4 fully saturated rings. The van der Waals surface area contributed by atoms with Crippen molar-refractivity contribution in [3.63, 3.8) is 0 Å². The summed E-state index contributed by atoms with van der Waals surface area (Å²) in [5, 5.41) is 5.98. The number of nitrogens with one attached hydrogen (secondary N) is 4. The number of piperidine rings is 2. The zero-order valence-corrected chi connectivity index (χ0v) is 41.8. The van der Waals surface area contributed by atoms with Crippen LogP contribution in [0, 0.1) is 23.7 Å². The molecule has 10 rings (SSSR count). The quantitative estimate of drug-likeness (QED) is 0.0954. The second kappa shape index (κ2) is 19.8. The predicted molar refractivity (Wildman–Crippen MR) is 266 cm³/mol. The van der Waals surface area contributed by atoms with E-state index in [1.807, 2.05) is 38.8 Å². The Morgan fingerprint density at radius 2 is 1.61 bits per heavy atom. The Bertz CT molecular complexity index is 2600. The summed E-state index contributed by atoms with van der Waals surface area (Å²) in [6.45, 7) is 15.2. The molecule has 4 N–H and O–H groups in total. The maximum atomic E-state index is 14.5. The van der Waals surface area contributed by atoms with Crippen molar-refractivity contribution < 1.29 is 33.4 Å². The number of hydrogen-bond donors (Lipinski definition) is 4. The van der Waals surface area contributed by atoms with Crippen molar-refractivity contribution in [2.75, 3.05) is 27.3 Å². The molecule has 14 nitrogen and oxygen atoms in total. The zero-order chi connectivity index (χ0) is 48.8. The lowest BCUT2D eigenvalue weighted by Crippen LogP contribution is -2.59. The number of methoxy groups -OCH3 is 2. The number of aromatic amines is 2. The highest BCUT2D eigenvalue weighted by Crippen LogP contribution is 2.51. The number of carbonyl (C=O) groups excluding carboxylic acids is 4. The fraction of sp³-hybridized carbons (Fsp3) is 0.545. The minimum atomic E-state index is -0.680. The van der Waals surface area contributed by atoms with Crippen molar-refractivity contribution >= 4 is 35.5 Å². The van der Waals surface area contributed by atoms with Gasteiger partial charge in [-0.05, 0) is 122 Å². The van der Waals surface area contributed by atoms with Gasteiger partial charge < -0.3 is 39.3 Å². The maximum Gasteiger partial charge on any atom is 0.407 e. The van der Waals surface area contributed by atoms with Gasteiger partial charge in [-0.25, -0.2) is 9.78 Å². The van der Waals surface area contributed by atoms with Crippen LogP contribution in [0.25, 0.3) is 34.2 Å². The molecule has 7 atom stereocenters. The summed E-state index contributed by atoms with van der Waals surface area (Å²) in [5.74, 6) is 1.84. The number of esters is 1. The predicted octanol–water partition coefficient (Wildman–Crippen LogP) is 9.35.